The van der Waals surface area contributed by atoms with Crippen LogP contribution in [-0.2, 0) is 15.9 Å². The Morgan fingerprint density at radius 2 is 1.83 bits per heavy atom. The summed E-state index contributed by atoms with van der Waals surface area (Å²) >= 11 is 0. The van der Waals surface area contributed by atoms with Crippen LogP contribution in [0.4, 0.5) is 0 Å². The molecule has 0 saturated carbocycles. The zero-order valence-corrected chi connectivity index (χ0v) is 15.5. The highest BCUT2D eigenvalue weighted by Gasteiger charge is 2.52. The van der Waals surface area contributed by atoms with Gasteiger partial charge in [-0.05, 0) is 72.0 Å². The molecule has 3 rings (SSSR count). The largest absolute Gasteiger partial charge is 0.495 e. The third-order valence-electron chi connectivity index (χ3n) is 5.93. The van der Waals surface area contributed by atoms with Crippen LogP contribution in [0.1, 0.15) is 58.6 Å². The molecule has 0 amide bonds. The number of aryl methyl sites for hydroxylation is 1. The minimum absolute atomic E-state index is 0.268. The summed E-state index contributed by atoms with van der Waals surface area (Å²) in [7, 11) is -0.268. The third-order valence-corrected chi connectivity index (χ3v) is 5.93. The van der Waals surface area contributed by atoms with E-state index in [9.17, 15) is 0 Å². The first-order valence-electron chi connectivity index (χ1n) is 8.89. The molecule has 0 radical (unpaired) electrons. The van der Waals surface area contributed by atoms with Gasteiger partial charge >= 0.3 is 7.12 Å². The predicted octanol–water partition coefficient (Wildman–Crippen LogP) is 3.28. The molecule has 3 nitrogen and oxygen atoms in total. The fourth-order valence-electron chi connectivity index (χ4n) is 3.47. The minimum atomic E-state index is -0.288. The highest BCUT2D eigenvalue weighted by molar-refractivity contribution is 6.62. The van der Waals surface area contributed by atoms with E-state index < -0.39 is 0 Å². The second-order valence-corrected chi connectivity index (χ2v) is 8.24. The van der Waals surface area contributed by atoms with Gasteiger partial charge in [0.15, 0.2) is 0 Å². The van der Waals surface area contributed by atoms with Crippen molar-refractivity contribution < 1.29 is 9.31 Å². The average Bonchev–Trinajstić information content (AvgIpc) is 2.93. The van der Waals surface area contributed by atoms with E-state index in [0.717, 1.165) is 6.54 Å². The Morgan fingerprint density at radius 3 is 2.39 bits per heavy atom. The Balaban J connectivity index is 1.81. The SMILES string of the molecule is Cc1ccc(CN2CCCC2C)cc1B1OC(C)(C)C(C)(C)O1. The lowest BCUT2D eigenvalue weighted by Crippen LogP contribution is -2.41. The van der Waals surface area contributed by atoms with Crippen molar-refractivity contribution in [3.8, 4) is 0 Å². The van der Waals surface area contributed by atoms with Gasteiger partial charge in [-0.1, -0.05) is 23.8 Å². The van der Waals surface area contributed by atoms with Gasteiger partial charge in [0.25, 0.3) is 0 Å². The monoisotopic (exact) mass is 315 g/mol. The van der Waals surface area contributed by atoms with Gasteiger partial charge in [-0.15, -0.1) is 0 Å². The van der Waals surface area contributed by atoms with E-state index in [-0.39, 0.29) is 18.3 Å². The van der Waals surface area contributed by atoms with Crippen LogP contribution in [0, 0.1) is 6.92 Å². The summed E-state index contributed by atoms with van der Waals surface area (Å²) in [5.41, 5.74) is 3.19. The van der Waals surface area contributed by atoms with Gasteiger partial charge < -0.3 is 9.31 Å². The van der Waals surface area contributed by atoms with Gasteiger partial charge in [-0.25, -0.2) is 0 Å². The minimum Gasteiger partial charge on any atom is -0.399 e. The average molecular weight is 315 g/mol. The fourth-order valence-corrected chi connectivity index (χ4v) is 3.47. The Hall–Kier alpha value is -0.835. The Labute approximate surface area is 141 Å². The van der Waals surface area contributed by atoms with Crippen LogP contribution >= 0.6 is 0 Å². The lowest BCUT2D eigenvalue weighted by atomic mass is 9.75. The number of hydrogen-bond acceptors (Lipinski definition) is 3. The molecule has 2 saturated heterocycles. The molecule has 1 unspecified atom stereocenters. The molecule has 0 aliphatic carbocycles. The summed E-state index contributed by atoms with van der Waals surface area (Å²) in [5, 5.41) is 0. The number of rotatable bonds is 3. The van der Waals surface area contributed by atoms with Crippen LogP contribution in [0.2, 0.25) is 0 Å². The molecule has 2 fully saturated rings. The van der Waals surface area contributed by atoms with Crippen LogP contribution in [0.5, 0.6) is 0 Å². The summed E-state index contributed by atoms with van der Waals surface area (Å²) in [5.74, 6) is 0. The van der Waals surface area contributed by atoms with E-state index in [1.807, 2.05) is 0 Å². The predicted molar refractivity (Wildman–Crippen MR) is 96.0 cm³/mol. The molecule has 2 aliphatic rings. The van der Waals surface area contributed by atoms with Crippen molar-refractivity contribution in [2.45, 2.75) is 78.2 Å². The normalized spacial score (nSPS) is 26.9. The van der Waals surface area contributed by atoms with E-state index >= 15 is 0 Å². The summed E-state index contributed by atoms with van der Waals surface area (Å²) in [6.45, 7) is 15.1. The maximum absolute atomic E-state index is 6.24. The Bertz CT molecular complexity index is 569. The topological polar surface area (TPSA) is 21.7 Å². The van der Waals surface area contributed by atoms with Gasteiger partial charge in [-0.2, -0.15) is 0 Å². The second-order valence-electron chi connectivity index (χ2n) is 8.24. The molecule has 1 aromatic carbocycles. The smallest absolute Gasteiger partial charge is 0.399 e. The summed E-state index contributed by atoms with van der Waals surface area (Å²) in [6, 6.07) is 7.42. The molecular weight excluding hydrogens is 285 g/mol. The molecule has 0 N–H and O–H groups in total. The van der Waals surface area contributed by atoms with Crippen LogP contribution in [0.25, 0.3) is 0 Å². The summed E-state index contributed by atoms with van der Waals surface area (Å²) in [6.07, 6.45) is 2.63. The molecule has 2 heterocycles. The molecular formula is C19H30BNO2. The second kappa shape index (κ2) is 5.91. The molecule has 23 heavy (non-hydrogen) atoms. The number of hydrogen-bond donors (Lipinski definition) is 0. The Kier molecular flexibility index (Phi) is 4.37. The van der Waals surface area contributed by atoms with Gasteiger partial charge in [0.2, 0.25) is 0 Å². The van der Waals surface area contributed by atoms with Gasteiger partial charge in [0.05, 0.1) is 11.2 Å². The van der Waals surface area contributed by atoms with Crippen molar-refractivity contribution in [2.75, 3.05) is 6.54 Å². The van der Waals surface area contributed by atoms with Crippen LogP contribution in [-0.4, -0.2) is 35.8 Å². The van der Waals surface area contributed by atoms with E-state index in [0.29, 0.717) is 6.04 Å². The molecule has 2 aliphatic heterocycles. The zero-order chi connectivity index (χ0) is 16.8. The fraction of sp³-hybridized carbons (Fsp3) is 0.684. The van der Waals surface area contributed by atoms with E-state index in [4.69, 9.17) is 9.31 Å². The van der Waals surface area contributed by atoms with Gasteiger partial charge in [0.1, 0.15) is 0 Å². The first-order valence-corrected chi connectivity index (χ1v) is 8.89. The van der Waals surface area contributed by atoms with Crippen LogP contribution in [0.15, 0.2) is 18.2 Å². The van der Waals surface area contributed by atoms with Gasteiger partial charge in [0, 0.05) is 12.6 Å². The van der Waals surface area contributed by atoms with E-state index in [1.54, 1.807) is 0 Å². The molecule has 0 spiro atoms. The van der Waals surface area contributed by atoms with Gasteiger partial charge in [-0.3, -0.25) is 4.90 Å². The lowest BCUT2D eigenvalue weighted by molar-refractivity contribution is 0.00578. The summed E-state index contributed by atoms with van der Waals surface area (Å²) in [4.78, 5) is 2.57. The molecule has 126 valence electrons. The molecule has 0 aromatic heterocycles. The van der Waals surface area contributed by atoms with Crippen molar-refractivity contribution in [1.29, 1.82) is 0 Å². The number of benzene rings is 1. The van der Waals surface area contributed by atoms with Crippen molar-refractivity contribution in [3.05, 3.63) is 29.3 Å². The Morgan fingerprint density at radius 1 is 1.17 bits per heavy atom. The number of nitrogens with zero attached hydrogens (tertiary/aromatic N) is 1. The van der Waals surface area contributed by atoms with Crippen molar-refractivity contribution >= 4 is 12.6 Å². The maximum Gasteiger partial charge on any atom is 0.495 e. The first kappa shape index (κ1) is 17.0. The van der Waals surface area contributed by atoms with Crippen molar-refractivity contribution in [2.24, 2.45) is 0 Å². The van der Waals surface area contributed by atoms with E-state index in [1.165, 1.54) is 36.0 Å². The first-order chi connectivity index (χ1) is 10.7. The third kappa shape index (κ3) is 3.22. The standard InChI is InChI=1S/C19H30BNO2/c1-14-9-10-16(13-21-11-7-8-15(21)2)12-17(14)20-22-18(3,4)19(5,6)23-20/h9-10,12,15H,7-8,11,13H2,1-6H3. The zero-order valence-electron chi connectivity index (χ0n) is 15.5. The van der Waals surface area contributed by atoms with Crippen LogP contribution < -0.4 is 5.46 Å². The summed E-state index contributed by atoms with van der Waals surface area (Å²) < 4.78 is 12.5. The number of likely N-dealkylation sites (tertiary alicyclic amines) is 1. The highest BCUT2D eigenvalue weighted by atomic mass is 16.7. The van der Waals surface area contributed by atoms with Crippen molar-refractivity contribution in [3.63, 3.8) is 0 Å². The quantitative estimate of drug-likeness (QED) is 0.799. The maximum atomic E-state index is 6.24. The molecule has 4 heteroatoms. The lowest BCUT2D eigenvalue weighted by Gasteiger charge is -2.32. The van der Waals surface area contributed by atoms with Crippen molar-refractivity contribution in [1.82, 2.24) is 4.90 Å². The molecule has 1 aromatic rings. The highest BCUT2D eigenvalue weighted by Crippen LogP contribution is 2.36. The van der Waals surface area contributed by atoms with E-state index in [2.05, 4.69) is 64.6 Å². The van der Waals surface area contributed by atoms with Crippen LogP contribution in [0.3, 0.4) is 0 Å². The molecule has 0 bridgehead atoms. The molecule has 1 atom stereocenters.